The molecule has 28 heavy (non-hydrogen) atoms. The topological polar surface area (TPSA) is 112 Å². The van der Waals surface area contributed by atoms with E-state index < -0.39 is 0 Å². The lowest BCUT2D eigenvalue weighted by Gasteiger charge is -2.07. The van der Waals surface area contributed by atoms with Crippen molar-refractivity contribution in [3.8, 4) is 0 Å². The predicted molar refractivity (Wildman–Crippen MR) is 108 cm³/mol. The van der Waals surface area contributed by atoms with Gasteiger partial charge in [-0.3, -0.25) is 9.59 Å². The van der Waals surface area contributed by atoms with E-state index in [1.54, 1.807) is 17.0 Å². The van der Waals surface area contributed by atoms with E-state index >= 15 is 0 Å². The zero-order valence-corrected chi connectivity index (χ0v) is 17.1. The Morgan fingerprint density at radius 1 is 0.929 bits per heavy atom. The molecule has 0 fully saturated rings. The van der Waals surface area contributed by atoms with Crippen LogP contribution in [0, 0.1) is 0 Å². The predicted octanol–water partition coefficient (Wildman–Crippen LogP) is 0.428. The van der Waals surface area contributed by atoms with Gasteiger partial charge in [0.1, 0.15) is 12.8 Å². The zero-order chi connectivity index (χ0) is 20.9. The van der Waals surface area contributed by atoms with Crippen molar-refractivity contribution in [1.29, 1.82) is 0 Å². The SMILES string of the molecule is C=C[N+](=CC)CC(=O)NCCOCCOCC(=O)NCCCCCCCNO. The molecule has 0 saturated heterocycles. The van der Waals surface area contributed by atoms with Gasteiger partial charge in [0.05, 0.1) is 19.8 Å². The van der Waals surface area contributed by atoms with Gasteiger partial charge in [-0.15, -0.1) is 0 Å². The summed E-state index contributed by atoms with van der Waals surface area (Å²) in [5.41, 5.74) is 2.14. The van der Waals surface area contributed by atoms with Crippen LogP contribution >= 0.6 is 0 Å². The molecule has 0 spiro atoms. The van der Waals surface area contributed by atoms with Crippen LogP contribution in [0.1, 0.15) is 39.0 Å². The number of carbonyl (C=O) groups is 2. The first-order chi connectivity index (χ1) is 13.6. The van der Waals surface area contributed by atoms with Crippen molar-refractivity contribution < 1.29 is 28.8 Å². The molecule has 162 valence electrons. The van der Waals surface area contributed by atoms with Crippen LogP contribution in [0.3, 0.4) is 0 Å². The third-order valence-corrected chi connectivity index (χ3v) is 3.85. The normalized spacial score (nSPS) is 11.3. The van der Waals surface area contributed by atoms with E-state index in [0.29, 0.717) is 39.5 Å². The van der Waals surface area contributed by atoms with Crippen molar-refractivity contribution in [3.63, 3.8) is 0 Å². The van der Waals surface area contributed by atoms with Gasteiger partial charge >= 0.3 is 0 Å². The summed E-state index contributed by atoms with van der Waals surface area (Å²) in [7, 11) is 0. The quantitative estimate of drug-likeness (QED) is 0.108. The lowest BCUT2D eigenvalue weighted by atomic mass is 10.1. The van der Waals surface area contributed by atoms with E-state index in [1.807, 2.05) is 6.92 Å². The van der Waals surface area contributed by atoms with Crippen molar-refractivity contribution in [2.24, 2.45) is 0 Å². The first-order valence-corrected chi connectivity index (χ1v) is 9.87. The van der Waals surface area contributed by atoms with Crippen LogP contribution in [0.5, 0.6) is 0 Å². The van der Waals surface area contributed by atoms with Gasteiger partial charge in [0.25, 0.3) is 5.91 Å². The molecule has 4 N–H and O–H groups in total. The Morgan fingerprint density at radius 3 is 2.25 bits per heavy atom. The second-order valence-electron chi connectivity index (χ2n) is 6.15. The van der Waals surface area contributed by atoms with Gasteiger partial charge in [-0.05, 0) is 19.4 Å². The second-order valence-corrected chi connectivity index (χ2v) is 6.15. The number of hydroxylamine groups is 1. The van der Waals surface area contributed by atoms with Crippen LogP contribution in [0.2, 0.25) is 0 Å². The third-order valence-electron chi connectivity index (χ3n) is 3.85. The van der Waals surface area contributed by atoms with Crippen molar-refractivity contribution in [2.75, 3.05) is 52.6 Å². The number of carbonyl (C=O) groups excluding carboxylic acids is 2. The minimum absolute atomic E-state index is 0.0210. The lowest BCUT2D eigenvalue weighted by Crippen LogP contribution is -2.33. The molecule has 0 unspecified atom stereocenters. The molecule has 9 heteroatoms. The maximum atomic E-state index is 11.6. The molecule has 0 aliphatic carbocycles. The van der Waals surface area contributed by atoms with Crippen LogP contribution in [-0.2, 0) is 19.1 Å². The number of nitrogens with one attached hydrogen (secondary N) is 3. The first-order valence-electron chi connectivity index (χ1n) is 9.87. The van der Waals surface area contributed by atoms with E-state index in [4.69, 9.17) is 14.7 Å². The molecule has 0 saturated carbocycles. The van der Waals surface area contributed by atoms with E-state index in [2.05, 4.69) is 22.7 Å². The molecule has 0 bridgehead atoms. The van der Waals surface area contributed by atoms with Crippen LogP contribution in [0.4, 0.5) is 0 Å². The Kier molecular flexibility index (Phi) is 18.6. The molecular weight excluding hydrogens is 364 g/mol. The molecule has 9 nitrogen and oxygen atoms in total. The van der Waals surface area contributed by atoms with Crippen LogP contribution in [0.25, 0.3) is 0 Å². The number of nitrogens with zero attached hydrogens (tertiary/aromatic N) is 1. The molecule has 2 amide bonds. The molecule has 0 aliphatic heterocycles. The summed E-state index contributed by atoms with van der Waals surface area (Å²) >= 11 is 0. The monoisotopic (exact) mass is 401 g/mol. The fourth-order valence-corrected chi connectivity index (χ4v) is 2.27. The summed E-state index contributed by atoms with van der Waals surface area (Å²) < 4.78 is 12.3. The van der Waals surface area contributed by atoms with Crippen molar-refractivity contribution >= 4 is 18.0 Å². The molecule has 0 aromatic rings. The second kappa shape index (κ2) is 19.9. The summed E-state index contributed by atoms with van der Waals surface area (Å²) in [6, 6.07) is 0. The van der Waals surface area contributed by atoms with E-state index in [-0.39, 0.29) is 25.0 Å². The minimum Gasteiger partial charge on any atom is -0.377 e. The van der Waals surface area contributed by atoms with Gasteiger partial charge in [-0.25, -0.2) is 10.1 Å². The molecule has 0 rings (SSSR count). The van der Waals surface area contributed by atoms with Gasteiger partial charge in [0.2, 0.25) is 12.5 Å². The Balaban J connectivity index is 3.36. The van der Waals surface area contributed by atoms with E-state index in [0.717, 1.165) is 32.1 Å². The summed E-state index contributed by atoms with van der Waals surface area (Å²) in [5.74, 6) is -0.229. The van der Waals surface area contributed by atoms with Crippen molar-refractivity contribution in [1.82, 2.24) is 16.1 Å². The fraction of sp³-hybridized carbons (Fsp3) is 0.737. The zero-order valence-electron chi connectivity index (χ0n) is 17.1. The van der Waals surface area contributed by atoms with Gasteiger partial charge < -0.3 is 25.3 Å². The summed E-state index contributed by atoms with van der Waals surface area (Å²) in [4.78, 5) is 23.2. The molecule has 0 aliphatic rings. The highest BCUT2D eigenvalue weighted by molar-refractivity contribution is 5.77. The summed E-state index contributed by atoms with van der Waals surface area (Å²) in [6.45, 7) is 8.48. The molecular formula is C19H37N4O5+. The minimum atomic E-state index is -0.128. The number of hydrogen-bond donors (Lipinski definition) is 4. The van der Waals surface area contributed by atoms with Gasteiger partial charge in [0, 0.05) is 26.6 Å². The van der Waals surface area contributed by atoms with Gasteiger partial charge in [-0.1, -0.05) is 19.3 Å². The van der Waals surface area contributed by atoms with E-state index in [1.165, 1.54) is 0 Å². The number of rotatable bonds is 19. The van der Waals surface area contributed by atoms with Crippen LogP contribution in [-0.4, -0.2) is 80.4 Å². The van der Waals surface area contributed by atoms with Crippen LogP contribution in [0.15, 0.2) is 12.8 Å². The fourth-order valence-electron chi connectivity index (χ4n) is 2.27. The Morgan fingerprint density at radius 2 is 1.57 bits per heavy atom. The largest absolute Gasteiger partial charge is 0.377 e. The Hall–Kier alpha value is -1.81. The summed E-state index contributed by atoms with van der Waals surface area (Å²) in [6.07, 6.45) is 8.47. The van der Waals surface area contributed by atoms with Crippen molar-refractivity contribution in [3.05, 3.63) is 12.8 Å². The van der Waals surface area contributed by atoms with E-state index in [9.17, 15) is 9.59 Å². The Bertz CT molecular complexity index is 458. The highest BCUT2D eigenvalue weighted by Gasteiger charge is 2.07. The average molecular weight is 402 g/mol. The highest BCUT2D eigenvalue weighted by Crippen LogP contribution is 2.01. The van der Waals surface area contributed by atoms with Crippen molar-refractivity contribution in [2.45, 2.75) is 39.0 Å². The number of hydrogen-bond acceptors (Lipinski definition) is 6. The Labute approximate surface area is 168 Å². The number of unbranched alkanes of at least 4 members (excludes halogenated alkanes) is 4. The molecule has 0 aromatic carbocycles. The first kappa shape index (κ1) is 26.2. The average Bonchev–Trinajstić information content (AvgIpc) is 2.70. The highest BCUT2D eigenvalue weighted by atomic mass is 16.5. The molecule has 0 radical (unpaired) electrons. The van der Waals surface area contributed by atoms with Crippen LogP contribution < -0.4 is 16.1 Å². The number of amides is 2. The molecule has 0 aromatic heterocycles. The molecule has 0 atom stereocenters. The molecule has 0 heterocycles. The maximum absolute atomic E-state index is 11.6. The standard InChI is InChI=1S/C19H36N4O5/c1-3-23(4-2)16-18(24)21-12-13-27-14-15-28-17-19(25)20-10-8-6-5-7-9-11-22-26/h3-4,22,26H,1,5-17H2,2H3,(H-,20,21,24,25)/p+1. The van der Waals surface area contributed by atoms with Gasteiger partial charge in [0.15, 0.2) is 6.20 Å². The maximum Gasteiger partial charge on any atom is 0.286 e. The van der Waals surface area contributed by atoms with Gasteiger partial charge in [-0.2, -0.15) is 0 Å². The smallest absolute Gasteiger partial charge is 0.286 e. The lowest BCUT2D eigenvalue weighted by molar-refractivity contribution is -0.439. The third kappa shape index (κ3) is 17.6. The number of ether oxygens (including phenoxy) is 2. The summed E-state index contributed by atoms with van der Waals surface area (Å²) in [5, 5.41) is 14.0.